The number of hydrogen-bond donors (Lipinski definition) is 1. The maximum absolute atomic E-state index is 14.0. The quantitative estimate of drug-likeness (QED) is 0.691. The number of nitrogens with one attached hydrogen (secondary N) is 1. The van der Waals surface area contributed by atoms with Gasteiger partial charge in [-0.05, 0) is 37.0 Å². The van der Waals surface area contributed by atoms with E-state index in [0.717, 1.165) is 48.5 Å². The van der Waals surface area contributed by atoms with Crippen LogP contribution in [0.4, 0.5) is 8.78 Å². The Hall–Kier alpha value is -2.07. The van der Waals surface area contributed by atoms with Crippen molar-refractivity contribution in [2.24, 2.45) is 11.8 Å². The van der Waals surface area contributed by atoms with Crippen LogP contribution < -0.4 is 5.32 Å². The van der Waals surface area contributed by atoms with Crippen LogP contribution in [0.1, 0.15) is 46.0 Å². The largest absolute Gasteiger partial charge is 0.344 e. The number of rotatable bonds is 6. The predicted octanol–water partition coefficient (Wildman–Crippen LogP) is 2.52. The van der Waals surface area contributed by atoms with Gasteiger partial charge < -0.3 is 10.2 Å². The third-order valence-electron chi connectivity index (χ3n) is 6.27. The number of carbonyl (C=O) groups excluding carboxylic acids is 2. The summed E-state index contributed by atoms with van der Waals surface area (Å²) in [5, 5.41) is 2.91. The summed E-state index contributed by atoms with van der Waals surface area (Å²) in [5.41, 5.74) is 0. The van der Waals surface area contributed by atoms with E-state index in [1.807, 2.05) is 13.8 Å². The first-order valence-corrected chi connectivity index (χ1v) is 12.6. The lowest BCUT2D eigenvalue weighted by Crippen LogP contribution is -2.57. The van der Waals surface area contributed by atoms with E-state index in [1.54, 1.807) is 0 Å². The average molecular weight is 472 g/mol. The molecule has 7 nitrogen and oxygen atoms in total. The van der Waals surface area contributed by atoms with Crippen LogP contribution in [0, 0.1) is 23.5 Å². The Kier molecular flexibility index (Phi) is 7.87. The van der Waals surface area contributed by atoms with Gasteiger partial charge in [-0.15, -0.1) is 0 Å². The van der Waals surface area contributed by atoms with E-state index in [0.29, 0.717) is 6.07 Å². The van der Waals surface area contributed by atoms with Gasteiger partial charge in [0.25, 0.3) is 0 Å². The third kappa shape index (κ3) is 5.46. The van der Waals surface area contributed by atoms with E-state index < -0.39 is 32.6 Å². The molecule has 1 atom stereocenters. The van der Waals surface area contributed by atoms with Crippen molar-refractivity contribution in [2.45, 2.75) is 56.9 Å². The zero-order valence-electron chi connectivity index (χ0n) is 18.5. The maximum atomic E-state index is 14.0. The fraction of sp³-hybridized carbons (Fsp3) is 0.636. The molecule has 1 aliphatic carbocycles. The lowest BCUT2D eigenvalue weighted by Gasteiger charge is -2.37. The van der Waals surface area contributed by atoms with E-state index in [-0.39, 0.29) is 49.8 Å². The number of halogens is 2. The molecule has 178 valence electrons. The lowest BCUT2D eigenvalue weighted by molar-refractivity contribution is -0.139. The number of piperazine rings is 1. The van der Waals surface area contributed by atoms with Crippen LogP contribution in [0.5, 0.6) is 0 Å². The Morgan fingerprint density at radius 2 is 1.66 bits per heavy atom. The first-order chi connectivity index (χ1) is 15.1. The molecule has 32 heavy (non-hydrogen) atoms. The monoisotopic (exact) mass is 471 g/mol. The van der Waals surface area contributed by atoms with E-state index in [1.165, 1.54) is 4.90 Å². The smallest absolute Gasteiger partial charge is 0.246 e. The highest BCUT2D eigenvalue weighted by Crippen LogP contribution is 2.25. The molecule has 10 heteroatoms. The lowest BCUT2D eigenvalue weighted by atomic mass is 9.88. The number of amides is 2. The van der Waals surface area contributed by atoms with Crippen LogP contribution in [-0.4, -0.2) is 61.7 Å². The molecule has 1 aromatic rings. The zero-order chi connectivity index (χ0) is 23.5. The van der Waals surface area contributed by atoms with Gasteiger partial charge in [0.05, 0.1) is 0 Å². The zero-order valence-corrected chi connectivity index (χ0v) is 19.3. The normalized spacial score (nSPS) is 19.7. The minimum atomic E-state index is -4.22. The molecule has 0 spiro atoms. The third-order valence-corrected chi connectivity index (χ3v) is 8.18. The van der Waals surface area contributed by atoms with E-state index >= 15 is 0 Å². The van der Waals surface area contributed by atoms with Crippen LogP contribution in [0.25, 0.3) is 0 Å². The first kappa shape index (κ1) is 24.6. The van der Waals surface area contributed by atoms with Crippen LogP contribution in [0.2, 0.25) is 0 Å². The fourth-order valence-corrected chi connectivity index (χ4v) is 5.81. The van der Waals surface area contributed by atoms with Gasteiger partial charge in [0.1, 0.15) is 22.6 Å². The second kappa shape index (κ2) is 10.2. The Bertz CT molecular complexity index is 940. The summed E-state index contributed by atoms with van der Waals surface area (Å²) in [7, 11) is -4.22. The van der Waals surface area contributed by atoms with Gasteiger partial charge >= 0.3 is 0 Å². The van der Waals surface area contributed by atoms with Crippen LogP contribution in [0.15, 0.2) is 23.1 Å². The van der Waals surface area contributed by atoms with Crippen molar-refractivity contribution in [3.63, 3.8) is 0 Å². The summed E-state index contributed by atoms with van der Waals surface area (Å²) >= 11 is 0. The van der Waals surface area contributed by atoms with E-state index in [9.17, 15) is 26.8 Å². The first-order valence-electron chi connectivity index (χ1n) is 11.2. The Balaban J connectivity index is 1.64. The molecule has 1 saturated carbocycles. The van der Waals surface area contributed by atoms with Crippen LogP contribution in [-0.2, 0) is 19.6 Å². The molecule has 0 unspecified atom stereocenters. The predicted molar refractivity (Wildman–Crippen MR) is 115 cm³/mol. The molecular formula is C22H31F2N3O4S. The number of nitrogens with zero attached hydrogens (tertiary/aromatic N) is 2. The number of carbonyl (C=O) groups is 2. The molecule has 1 aromatic carbocycles. The molecule has 2 amide bonds. The Morgan fingerprint density at radius 3 is 2.25 bits per heavy atom. The van der Waals surface area contributed by atoms with Gasteiger partial charge in [0.2, 0.25) is 21.8 Å². The molecule has 0 radical (unpaired) electrons. The minimum absolute atomic E-state index is 0.0363. The Labute approximate surface area is 188 Å². The van der Waals surface area contributed by atoms with Gasteiger partial charge in [0, 0.05) is 32.1 Å². The van der Waals surface area contributed by atoms with Crippen LogP contribution in [0.3, 0.4) is 0 Å². The number of benzene rings is 1. The van der Waals surface area contributed by atoms with Crippen molar-refractivity contribution < 1.29 is 26.8 Å². The molecule has 0 aromatic heterocycles. The van der Waals surface area contributed by atoms with E-state index in [4.69, 9.17) is 0 Å². The van der Waals surface area contributed by atoms with Crippen molar-refractivity contribution in [3.05, 3.63) is 29.8 Å². The average Bonchev–Trinajstić information content (AvgIpc) is 2.78. The number of sulfonamides is 1. The summed E-state index contributed by atoms with van der Waals surface area (Å²) in [6.07, 6.45) is 4.82. The second-order valence-electron chi connectivity index (χ2n) is 8.87. The molecule has 1 heterocycles. The van der Waals surface area contributed by atoms with Gasteiger partial charge in [-0.25, -0.2) is 17.2 Å². The summed E-state index contributed by atoms with van der Waals surface area (Å²) < 4.78 is 54.1. The van der Waals surface area contributed by atoms with Crippen molar-refractivity contribution >= 4 is 21.8 Å². The highest BCUT2D eigenvalue weighted by Gasteiger charge is 2.36. The molecule has 3 rings (SSSR count). The van der Waals surface area contributed by atoms with Gasteiger partial charge in [0.15, 0.2) is 0 Å². The van der Waals surface area contributed by atoms with Gasteiger partial charge in [-0.1, -0.05) is 33.1 Å². The number of hydrogen-bond acceptors (Lipinski definition) is 4. The molecule has 0 bridgehead atoms. The van der Waals surface area contributed by atoms with Crippen LogP contribution >= 0.6 is 0 Å². The van der Waals surface area contributed by atoms with Crippen molar-refractivity contribution in [3.8, 4) is 0 Å². The van der Waals surface area contributed by atoms with Gasteiger partial charge in [-0.3, -0.25) is 9.59 Å². The van der Waals surface area contributed by atoms with Crippen molar-refractivity contribution in [1.29, 1.82) is 0 Å². The summed E-state index contributed by atoms with van der Waals surface area (Å²) in [6.45, 7) is 3.86. The molecule has 1 aliphatic heterocycles. The standard InChI is InChI=1S/C22H31F2N3O4S/c1-15(2)20(25-21(28)16-6-4-3-5-7-16)22(29)26-10-12-27(13-11-26)32(30,31)19-14-17(23)8-9-18(19)24/h8-9,14-16,20H,3-7,10-13H2,1-2H3,(H,25,28)/t20-/m0/s1. The summed E-state index contributed by atoms with van der Waals surface area (Å²) in [5.74, 6) is -2.40. The fourth-order valence-electron chi connectivity index (χ4n) is 4.31. The highest BCUT2D eigenvalue weighted by atomic mass is 32.2. The minimum Gasteiger partial charge on any atom is -0.344 e. The molecule has 2 aliphatic rings. The summed E-state index contributed by atoms with van der Waals surface area (Å²) in [4.78, 5) is 26.6. The molecule has 1 N–H and O–H groups in total. The maximum Gasteiger partial charge on any atom is 0.246 e. The Morgan fingerprint density at radius 1 is 1.03 bits per heavy atom. The highest BCUT2D eigenvalue weighted by molar-refractivity contribution is 7.89. The van der Waals surface area contributed by atoms with Crippen molar-refractivity contribution in [1.82, 2.24) is 14.5 Å². The summed E-state index contributed by atoms with van der Waals surface area (Å²) in [6, 6.07) is 1.62. The van der Waals surface area contributed by atoms with E-state index in [2.05, 4.69) is 5.32 Å². The topological polar surface area (TPSA) is 86.8 Å². The van der Waals surface area contributed by atoms with Gasteiger partial charge in [-0.2, -0.15) is 4.31 Å². The second-order valence-corrected chi connectivity index (χ2v) is 10.8. The molecule has 1 saturated heterocycles. The SMILES string of the molecule is CC(C)[C@H](NC(=O)C1CCCCC1)C(=O)N1CCN(S(=O)(=O)c2cc(F)ccc2F)CC1. The molecular weight excluding hydrogens is 440 g/mol. The van der Waals surface area contributed by atoms with Crippen molar-refractivity contribution in [2.75, 3.05) is 26.2 Å². The molecule has 2 fully saturated rings.